The first-order chi connectivity index (χ1) is 18.6. The number of hydrogen-bond donors (Lipinski definition) is 2. The van der Waals surface area contributed by atoms with Crippen LogP contribution in [-0.2, 0) is 10.0 Å². The Morgan fingerprint density at radius 3 is 2.31 bits per heavy atom. The van der Waals surface area contributed by atoms with Gasteiger partial charge in [-0.25, -0.2) is 51.0 Å². The Morgan fingerprint density at radius 1 is 1.00 bits per heavy atom. The minimum Gasteiger partial charge on any atom is -0.495 e. The van der Waals surface area contributed by atoms with E-state index >= 15 is 0 Å². The summed E-state index contributed by atoms with van der Waals surface area (Å²) in [6.45, 7) is 0. The van der Waals surface area contributed by atoms with Crippen LogP contribution in [0.25, 0.3) is 11.1 Å². The molecule has 0 bridgehead atoms. The first-order valence-electron chi connectivity index (χ1n) is 11.2. The maximum absolute atomic E-state index is 13.8. The summed E-state index contributed by atoms with van der Waals surface area (Å²) >= 11 is 0. The van der Waals surface area contributed by atoms with Crippen LogP contribution in [0.5, 0.6) is 5.75 Å². The summed E-state index contributed by atoms with van der Waals surface area (Å²) < 4.78 is 73.2. The van der Waals surface area contributed by atoms with Gasteiger partial charge in [0.1, 0.15) is 22.3 Å². The zero-order valence-corrected chi connectivity index (χ0v) is 21.3. The van der Waals surface area contributed by atoms with Crippen LogP contribution < -0.4 is 19.7 Å². The van der Waals surface area contributed by atoms with Gasteiger partial charge in [0.2, 0.25) is 5.95 Å². The number of anilines is 3. The Labute approximate surface area is 221 Å². The fraction of sp³-hybridized carbons (Fsp3) is 0.120. The van der Waals surface area contributed by atoms with Crippen molar-refractivity contribution < 1.29 is 31.1 Å². The second-order valence-electron chi connectivity index (χ2n) is 7.84. The highest BCUT2D eigenvalue weighted by molar-refractivity contribution is 7.92. The Balaban J connectivity index is 1.70. The maximum Gasteiger partial charge on any atom is 0.327 e. The van der Waals surface area contributed by atoms with Gasteiger partial charge in [0.05, 0.1) is 18.4 Å². The standard InChI is InChI=1S/C25H21F3N6O4S/c1-29-25(35)34(22-9-6-17(14-32-22)39(36,37)33-24-30-10-3-11-31-24)20-8-5-16(13-21(20)38-2)15-4-7-19(26)18(12-15)23(27)28/h3-14,23H,1-2H3,(H,29,35)(H,30,31,33). The number of methoxy groups -OCH3 is 1. The molecule has 0 saturated carbocycles. The van der Waals surface area contributed by atoms with Crippen LogP contribution in [0.3, 0.4) is 0 Å². The number of nitrogens with one attached hydrogen (secondary N) is 2. The Morgan fingerprint density at radius 2 is 1.69 bits per heavy atom. The van der Waals surface area contributed by atoms with Gasteiger partial charge >= 0.3 is 6.03 Å². The van der Waals surface area contributed by atoms with Crippen molar-refractivity contribution in [3.8, 4) is 16.9 Å². The molecule has 10 nitrogen and oxygen atoms in total. The minimum atomic E-state index is -4.07. The second kappa shape index (κ2) is 11.3. The molecule has 14 heteroatoms. The molecule has 39 heavy (non-hydrogen) atoms. The van der Waals surface area contributed by atoms with E-state index in [1.165, 1.54) is 62.9 Å². The van der Waals surface area contributed by atoms with E-state index in [1.54, 1.807) is 6.07 Å². The predicted octanol–water partition coefficient (Wildman–Crippen LogP) is 4.90. The van der Waals surface area contributed by atoms with Gasteiger partial charge in [-0.05, 0) is 53.6 Å². The Hall–Kier alpha value is -4.72. The molecule has 2 N–H and O–H groups in total. The van der Waals surface area contributed by atoms with E-state index in [4.69, 9.17) is 4.74 Å². The minimum absolute atomic E-state index is 0.0529. The van der Waals surface area contributed by atoms with E-state index in [9.17, 15) is 26.4 Å². The molecule has 0 atom stereocenters. The number of ether oxygens (including phenoxy) is 1. The zero-order valence-electron chi connectivity index (χ0n) is 20.5. The number of benzene rings is 2. The Kier molecular flexibility index (Phi) is 7.95. The van der Waals surface area contributed by atoms with E-state index in [-0.39, 0.29) is 28.1 Å². The van der Waals surface area contributed by atoms with Crippen LogP contribution in [0.15, 0.2) is 78.1 Å². The van der Waals surface area contributed by atoms with Crippen molar-refractivity contribution in [3.05, 3.63) is 84.6 Å². The number of nitrogens with zero attached hydrogens (tertiary/aromatic N) is 4. The lowest BCUT2D eigenvalue weighted by Gasteiger charge is -2.24. The maximum atomic E-state index is 13.8. The summed E-state index contributed by atoms with van der Waals surface area (Å²) in [4.78, 5) is 25.6. The summed E-state index contributed by atoms with van der Waals surface area (Å²) in [6, 6.07) is 11.3. The van der Waals surface area contributed by atoms with Gasteiger partial charge in [-0.1, -0.05) is 12.1 Å². The van der Waals surface area contributed by atoms with E-state index < -0.39 is 33.9 Å². The molecular weight excluding hydrogens is 537 g/mol. The summed E-state index contributed by atoms with van der Waals surface area (Å²) in [5, 5.41) is 2.48. The van der Waals surface area contributed by atoms with Crippen molar-refractivity contribution in [2.75, 3.05) is 23.8 Å². The van der Waals surface area contributed by atoms with E-state index in [1.807, 2.05) is 0 Å². The highest BCUT2D eigenvalue weighted by atomic mass is 32.2. The van der Waals surface area contributed by atoms with E-state index in [2.05, 4.69) is 25.0 Å². The fourth-order valence-corrected chi connectivity index (χ4v) is 4.48. The van der Waals surface area contributed by atoms with Crippen LogP contribution >= 0.6 is 0 Å². The number of sulfonamides is 1. The number of pyridine rings is 1. The topological polar surface area (TPSA) is 126 Å². The van der Waals surface area contributed by atoms with Crippen molar-refractivity contribution in [1.82, 2.24) is 20.3 Å². The molecule has 0 saturated heterocycles. The molecule has 0 radical (unpaired) electrons. The van der Waals surface area contributed by atoms with Crippen LogP contribution in [0.4, 0.5) is 35.4 Å². The highest BCUT2D eigenvalue weighted by Gasteiger charge is 2.24. The quantitative estimate of drug-likeness (QED) is 0.315. The number of urea groups is 1. The molecule has 2 amide bonds. The van der Waals surface area contributed by atoms with Crippen molar-refractivity contribution >= 4 is 33.5 Å². The number of alkyl halides is 2. The van der Waals surface area contributed by atoms with Crippen molar-refractivity contribution in [3.63, 3.8) is 0 Å². The number of hydrogen-bond acceptors (Lipinski definition) is 7. The molecule has 0 aliphatic carbocycles. The third-order valence-electron chi connectivity index (χ3n) is 5.45. The summed E-state index contributed by atoms with van der Waals surface area (Å²) in [5.41, 5.74) is 0.217. The van der Waals surface area contributed by atoms with Gasteiger partial charge in [0.15, 0.2) is 0 Å². The highest BCUT2D eigenvalue weighted by Crippen LogP contribution is 2.38. The Bertz CT molecular complexity index is 1590. The summed E-state index contributed by atoms with van der Waals surface area (Å²) in [7, 11) is -1.33. The number of aromatic nitrogens is 3. The first-order valence-corrected chi connectivity index (χ1v) is 12.7. The lowest BCUT2D eigenvalue weighted by Crippen LogP contribution is -2.35. The van der Waals surface area contributed by atoms with E-state index in [0.717, 1.165) is 23.2 Å². The van der Waals surface area contributed by atoms with Gasteiger partial charge in [0, 0.05) is 25.6 Å². The largest absolute Gasteiger partial charge is 0.495 e. The van der Waals surface area contributed by atoms with E-state index in [0.29, 0.717) is 11.1 Å². The third kappa shape index (κ3) is 5.90. The van der Waals surface area contributed by atoms with Gasteiger partial charge in [-0.15, -0.1) is 0 Å². The second-order valence-corrected chi connectivity index (χ2v) is 9.53. The van der Waals surface area contributed by atoms with Crippen molar-refractivity contribution in [2.45, 2.75) is 11.3 Å². The molecule has 4 aromatic rings. The lowest BCUT2D eigenvalue weighted by molar-refractivity contribution is 0.146. The molecule has 202 valence electrons. The monoisotopic (exact) mass is 558 g/mol. The van der Waals surface area contributed by atoms with Crippen LogP contribution in [0, 0.1) is 5.82 Å². The fourth-order valence-electron chi connectivity index (χ4n) is 3.58. The number of rotatable bonds is 8. The number of carbonyl (C=O) groups excluding carboxylic acids is 1. The molecule has 2 heterocycles. The van der Waals surface area contributed by atoms with Gasteiger partial charge in [-0.3, -0.25) is 0 Å². The summed E-state index contributed by atoms with van der Waals surface area (Å²) in [6.07, 6.45) is 0.810. The normalized spacial score (nSPS) is 11.2. The average Bonchev–Trinajstić information content (AvgIpc) is 2.94. The van der Waals surface area contributed by atoms with Crippen molar-refractivity contribution in [1.29, 1.82) is 0 Å². The average molecular weight is 559 g/mol. The molecule has 0 unspecified atom stereocenters. The van der Waals surface area contributed by atoms with Crippen molar-refractivity contribution in [2.24, 2.45) is 0 Å². The van der Waals surface area contributed by atoms with Gasteiger partial charge in [-0.2, -0.15) is 0 Å². The number of carbonyl (C=O) groups is 1. The molecule has 0 fully saturated rings. The lowest BCUT2D eigenvalue weighted by atomic mass is 10.0. The molecule has 0 aliphatic rings. The van der Waals surface area contributed by atoms with Crippen LogP contribution in [0.1, 0.15) is 12.0 Å². The smallest absolute Gasteiger partial charge is 0.327 e. The molecule has 4 rings (SSSR count). The predicted molar refractivity (Wildman–Crippen MR) is 137 cm³/mol. The van der Waals surface area contributed by atoms with Crippen LogP contribution in [0.2, 0.25) is 0 Å². The molecular formula is C25H21F3N6O4S. The first kappa shape index (κ1) is 27.3. The molecule has 2 aromatic carbocycles. The number of amides is 2. The summed E-state index contributed by atoms with van der Waals surface area (Å²) in [5.74, 6) is -0.927. The molecule has 0 aliphatic heterocycles. The molecule has 2 aromatic heterocycles. The molecule has 0 spiro atoms. The number of halogens is 3. The SMILES string of the molecule is CNC(=O)N(c1ccc(S(=O)(=O)Nc2ncccn2)cn1)c1ccc(-c2ccc(F)c(C(F)F)c2)cc1OC. The third-order valence-corrected chi connectivity index (χ3v) is 6.77. The van der Waals surface area contributed by atoms with Gasteiger partial charge in [0.25, 0.3) is 16.4 Å². The van der Waals surface area contributed by atoms with Gasteiger partial charge < -0.3 is 10.1 Å². The zero-order chi connectivity index (χ0) is 28.2. The van der Waals surface area contributed by atoms with Crippen LogP contribution in [-0.4, -0.2) is 43.6 Å².